The maximum absolute atomic E-state index is 13.4. The Balaban J connectivity index is 1.83. The number of nitrogens with one attached hydrogen (secondary N) is 2. The summed E-state index contributed by atoms with van der Waals surface area (Å²) in [7, 11) is 0. The Labute approximate surface area is 170 Å². The van der Waals surface area contributed by atoms with Gasteiger partial charge >= 0.3 is 6.18 Å². The molecule has 0 fully saturated rings. The van der Waals surface area contributed by atoms with E-state index in [1.54, 1.807) is 6.92 Å². The van der Waals surface area contributed by atoms with Gasteiger partial charge in [0, 0.05) is 12.0 Å². The van der Waals surface area contributed by atoms with Crippen LogP contribution in [-0.2, 0) is 9.59 Å². The Morgan fingerprint density at radius 1 is 1.37 bits per heavy atom. The molecule has 2 amide bonds. The lowest BCUT2D eigenvalue weighted by molar-refractivity contribution is -0.124. The van der Waals surface area contributed by atoms with E-state index in [0.717, 1.165) is 6.08 Å². The van der Waals surface area contributed by atoms with Crippen molar-refractivity contribution in [2.45, 2.75) is 38.5 Å². The lowest BCUT2D eigenvalue weighted by Gasteiger charge is -2.33. The minimum absolute atomic E-state index is 0.0256. The zero-order valence-corrected chi connectivity index (χ0v) is 16.0. The van der Waals surface area contributed by atoms with Gasteiger partial charge in [-0.2, -0.15) is 23.5 Å². The molecule has 2 N–H and O–H groups in total. The summed E-state index contributed by atoms with van der Waals surface area (Å²) in [5, 5.41) is 21.4. The van der Waals surface area contributed by atoms with Crippen LogP contribution in [0.5, 0.6) is 0 Å². The summed E-state index contributed by atoms with van der Waals surface area (Å²) in [6, 6.07) is 3.35. The number of carbonyl (C=O) groups excluding carboxylic acids is 2. The lowest BCUT2D eigenvalue weighted by Crippen LogP contribution is -2.45. The highest BCUT2D eigenvalue weighted by molar-refractivity contribution is 6.02. The third-order valence-electron chi connectivity index (χ3n) is 4.85. The molecular formula is C20H17F3N5O2. The SMILES string of the molecule is CC1=C(CC(=O)N[C@H](C)c2ccc(C#N)nn2)C(=O)NC2[CH]C=CC(C(F)(F)F)=C12. The summed E-state index contributed by atoms with van der Waals surface area (Å²) >= 11 is 0. The molecule has 10 heteroatoms. The van der Waals surface area contributed by atoms with Crippen molar-refractivity contribution in [3.63, 3.8) is 0 Å². The molecule has 3 rings (SSSR count). The number of hydrogen-bond donors (Lipinski definition) is 2. The number of nitriles is 1. The third kappa shape index (κ3) is 4.25. The molecule has 1 aromatic rings. The predicted molar refractivity (Wildman–Crippen MR) is 99.1 cm³/mol. The molecule has 1 aliphatic heterocycles. The van der Waals surface area contributed by atoms with Crippen LogP contribution in [0.3, 0.4) is 0 Å². The Hall–Kier alpha value is -3.48. The van der Waals surface area contributed by atoms with E-state index in [4.69, 9.17) is 5.26 Å². The second kappa shape index (κ2) is 8.10. The van der Waals surface area contributed by atoms with Gasteiger partial charge in [-0.15, -0.1) is 5.10 Å². The highest BCUT2D eigenvalue weighted by atomic mass is 19.4. The molecule has 2 heterocycles. The first kappa shape index (κ1) is 21.2. The summed E-state index contributed by atoms with van der Waals surface area (Å²) < 4.78 is 40.2. The summed E-state index contributed by atoms with van der Waals surface area (Å²) in [6.45, 7) is 3.05. The van der Waals surface area contributed by atoms with Gasteiger partial charge in [0.1, 0.15) is 6.07 Å². The first-order valence-corrected chi connectivity index (χ1v) is 8.98. The fourth-order valence-corrected chi connectivity index (χ4v) is 3.35. The van der Waals surface area contributed by atoms with E-state index in [2.05, 4.69) is 20.8 Å². The lowest BCUT2D eigenvalue weighted by atomic mass is 9.82. The van der Waals surface area contributed by atoms with E-state index in [1.165, 1.54) is 31.6 Å². The average molecular weight is 416 g/mol. The molecule has 0 aromatic carbocycles. The number of alkyl halides is 3. The van der Waals surface area contributed by atoms with Crippen LogP contribution in [0, 0.1) is 17.8 Å². The van der Waals surface area contributed by atoms with Crippen molar-refractivity contribution < 1.29 is 22.8 Å². The fourth-order valence-electron chi connectivity index (χ4n) is 3.35. The van der Waals surface area contributed by atoms with Crippen LogP contribution in [0.2, 0.25) is 0 Å². The van der Waals surface area contributed by atoms with Gasteiger partial charge in [0.2, 0.25) is 11.8 Å². The van der Waals surface area contributed by atoms with Crippen molar-refractivity contribution in [3.05, 3.63) is 64.4 Å². The average Bonchev–Trinajstić information content (AvgIpc) is 2.70. The van der Waals surface area contributed by atoms with E-state index >= 15 is 0 Å². The summed E-state index contributed by atoms with van der Waals surface area (Å²) in [6.07, 6.45) is -1.30. The summed E-state index contributed by atoms with van der Waals surface area (Å²) in [5.74, 6) is -1.14. The Bertz CT molecular complexity index is 1020. The molecule has 0 spiro atoms. The smallest absolute Gasteiger partial charge is 0.348 e. The molecule has 7 nitrogen and oxygen atoms in total. The van der Waals surface area contributed by atoms with Crippen molar-refractivity contribution in [1.82, 2.24) is 20.8 Å². The molecule has 2 aliphatic rings. The van der Waals surface area contributed by atoms with Gasteiger partial charge in [0.15, 0.2) is 5.69 Å². The second-order valence-electron chi connectivity index (χ2n) is 6.85. The van der Waals surface area contributed by atoms with E-state index in [0.29, 0.717) is 5.69 Å². The first-order chi connectivity index (χ1) is 14.1. The molecule has 30 heavy (non-hydrogen) atoms. The number of rotatable bonds is 4. The maximum Gasteiger partial charge on any atom is 0.416 e. The summed E-state index contributed by atoms with van der Waals surface area (Å²) in [5.41, 5.74) is -0.265. The van der Waals surface area contributed by atoms with Crippen LogP contribution >= 0.6 is 0 Å². The van der Waals surface area contributed by atoms with Gasteiger partial charge in [-0.25, -0.2) is 0 Å². The van der Waals surface area contributed by atoms with Crippen molar-refractivity contribution in [2.75, 3.05) is 0 Å². The molecular weight excluding hydrogens is 399 g/mol. The zero-order chi connectivity index (χ0) is 22.1. The Morgan fingerprint density at radius 3 is 2.70 bits per heavy atom. The van der Waals surface area contributed by atoms with E-state index in [9.17, 15) is 22.8 Å². The van der Waals surface area contributed by atoms with Crippen molar-refractivity contribution in [2.24, 2.45) is 0 Å². The molecule has 0 saturated carbocycles. The molecule has 2 atom stereocenters. The van der Waals surface area contributed by atoms with Gasteiger partial charge in [0.05, 0.1) is 29.8 Å². The summed E-state index contributed by atoms with van der Waals surface area (Å²) in [4.78, 5) is 24.9. The quantitative estimate of drug-likeness (QED) is 0.784. The molecule has 1 unspecified atom stereocenters. The number of hydrogen-bond acceptors (Lipinski definition) is 5. The minimum atomic E-state index is -4.59. The van der Waals surface area contributed by atoms with Crippen LogP contribution in [-0.4, -0.2) is 34.2 Å². The third-order valence-corrected chi connectivity index (χ3v) is 4.85. The van der Waals surface area contributed by atoms with E-state index in [1.807, 2.05) is 6.07 Å². The molecule has 0 bridgehead atoms. The highest BCUT2D eigenvalue weighted by Crippen LogP contribution is 2.39. The second-order valence-corrected chi connectivity index (χ2v) is 6.85. The number of allylic oxidation sites excluding steroid dienone is 2. The molecule has 1 aliphatic carbocycles. The number of fused-ring (bicyclic) bond motifs is 1. The Morgan fingerprint density at radius 2 is 2.10 bits per heavy atom. The predicted octanol–water partition coefficient (Wildman–Crippen LogP) is 2.36. The van der Waals surface area contributed by atoms with E-state index < -0.39 is 42.1 Å². The molecule has 1 aromatic heterocycles. The largest absolute Gasteiger partial charge is 0.416 e. The molecule has 0 saturated heterocycles. The normalized spacial score (nSPS) is 19.7. The van der Waals surface area contributed by atoms with Gasteiger partial charge in [-0.05, 0) is 37.1 Å². The van der Waals surface area contributed by atoms with Gasteiger partial charge < -0.3 is 10.6 Å². The topological polar surface area (TPSA) is 108 Å². The fraction of sp³-hybridized carbons (Fsp3) is 0.300. The van der Waals surface area contributed by atoms with Crippen molar-refractivity contribution in [1.29, 1.82) is 5.26 Å². The molecule has 155 valence electrons. The van der Waals surface area contributed by atoms with Crippen LogP contribution < -0.4 is 10.6 Å². The van der Waals surface area contributed by atoms with Crippen LogP contribution in [0.25, 0.3) is 0 Å². The number of amides is 2. The Kier molecular flexibility index (Phi) is 5.73. The van der Waals surface area contributed by atoms with Gasteiger partial charge in [-0.3, -0.25) is 9.59 Å². The van der Waals surface area contributed by atoms with E-state index in [-0.39, 0.29) is 22.4 Å². The molecule has 1 radical (unpaired) electrons. The zero-order valence-electron chi connectivity index (χ0n) is 16.0. The minimum Gasteiger partial charge on any atom is -0.348 e. The van der Waals surface area contributed by atoms with Crippen LogP contribution in [0.15, 0.2) is 46.6 Å². The van der Waals surface area contributed by atoms with Gasteiger partial charge in [-0.1, -0.05) is 12.2 Å². The monoisotopic (exact) mass is 416 g/mol. The standard InChI is InChI=1S/C20H17F3N5O2/c1-10-13(8-17(29)25-11(2)15-7-6-12(9-24)27-28-15)19(30)26-16-5-3-4-14(18(10)16)20(21,22)23/h3-7,11,16H,8H2,1-2H3,(H,25,29)(H,26,30)/t11-,16?/m1/s1. The van der Waals surface area contributed by atoms with Crippen molar-refractivity contribution in [3.8, 4) is 6.07 Å². The van der Waals surface area contributed by atoms with Crippen molar-refractivity contribution >= 4 is 11.8 Å². The van der Waals surface area contributed by atoms with Crippen LogP contribution in [0.4, 0.5) is 13.2 Å². The number of carbonyl (C=O) groups is 2. The first-order valence-electron chi connectivity index (χ1n) is 8.98. The highest BCUT2D eigenvalue weighted by Gasteiger charge is 2.41. The number of halogens is 3. The number of aromatic nitrogens is 2. The maximum atomic E-state index is 13.4. The van der Waals surface area contributed by atoms with Crippen LogP contribution in [0.1, 0.15) is 37.7 Å². The van der Waals surface area contributed by atoms with Gasteiger partial charge in [0.25, 0.3) is 0 Å². The number of nitrogens with zero attached hydrogens (tertiary/aromatic N) is 3.